The molecule has 0 N–H and O–H groups in total. The zero-order valence-electron chi connectivity index (χ0n) is 18.8. The van der Waals surface area contributed by atoms with E-state index in [9.17, 15) is 12.6 Å². The summed E-state index contributed by atoms with van der Waals surface area (Å²) in [5, 5.41) is 6.40. The number of fused-ring (bicyclic) bond motifs is 2. The van der Waals surface area contributed by atoms with E-state index in [2.05, 4.69) is 13.8 Å². The first-order valence-corrected chi connectivity index (χ1v) is 13.2. The Morgan fingerprint density at radius 1 is 1.03 bits per heavy atom. The molecule has 0 radical (unpaired) electrons. The Morgan fingerprint density at radius 3 is 2.29 bits per heavy atom. The Balaban J connectivity index is 2.12. The largest absolute Gasteiger partial charge is 0.311 e. The van der Waals surface area contributed by atoms with E-state index in [-0.39, 0.29) is 4.90 Å². The minimum Gasteiger partial charge on any atom is -0.311 e. The first-order chi connectivity index (χ1) is 14.5. The predicted molar refractivity (Wildman–Crippen MR) is 124 cm³/mol. The first kappa shape index (κ1) is 21.7. The molecule has 2 heterocycles. The van der Waals surface area contributed by atoms with E-state index in [1.54, 1.807) is 22.9 Å². The van der Waals surface area contributed by atoms with E-state index in [0.717, 1.165) is 27.5 Å². The van der Waals surface area contributed by atoms with Gasteiger partial charge in [0.2, 0.25) is 5.95 Å². The van der Waals surface area contributed by atoms with E-state index in [1.165, 1.54) is 17.4 Å². The van der Waals surface area contributed by atoms with Crippen LogP contribution in [0.4, 0.5) is 0 Å². The number of benzene rings is 2. The summed E-state index contributed by atoms with van der Waals surface area (Å²) in [7, 11) is -2.77. The number of hydrogen-bond donors (Lipinski definition) is 0. The molecule has 0 aliphatic rings. The fraction of sp³-hybridized carbons (Fsp3) is 0.364. The molecule has 0 aliphatic heterocycles. The normalized spacial score (nSPS) is 13.4. The van der Waals surface area contributed by atoms with Gasteiger partial charge in [0.15, 0.2) is 9.84 Å². The van der Waals surface area contributed by atoms with Crippen molar-refractivity contribution in [2.24, 2.45) is 7.05 Å². The van der Waals surface area contributed by atoms with Crippen molar-refractivity contribution in [2.45, 2.75) is 44.5 Å². The Bertz CT molecular complexity index is 1510. The first-order valence-electron chi connectivity index (χ1n) is 10.0. The second-order valence-corrected chi connectivity index (χ2v) is 11.6. The molecule has 2 aromatic carbocycles. The molecule has 0 fully saturated rings. The van der Waals surface area contributed by atoms with Crippen LogP contribution in [-0.2, 0) is 27.7 Å². The second kappa shape index (κ2) is 7.27. The van der Waals surface area contributed by atoms with Gasteiger partial charge in [-0.1, -0.05) is 6.92 Å². The average Bonchev–Trinajstić information content (AvgIpc) is 3.27. The zero-order chi connectivity index (χ0) is 22.8. The Labute approximate surface area is 184 Å². The maximum atomic E-state index is 13.2. The summed E-state index contributed by atoms with van der Waals surface area (Å²) in [4.78, 5) is 4.91. The van der Waals surface area contributed by atoms with Crippen LogP contribution in [-0.4, -0.2) is 44.0 Å². The molecule has 0 amide bonds. The summed E-state index contributed by atoms with van der Waals surface area (Å²) in [5.41, 5.74) is 6.61. The van der Waals surface area contributed by atoms with Gasteiger partial charge in [0.1, 0.15) is 5.03 Å². The highest BCUT2D eigenvalue weighted by Gasteiger charge is 2.25. The highest BCUT2D eigenvalue weighted by atomic mass is 32.2. The lowest BCUT2D eigenvalue weighted by Gasteiger charge is -2.11. The zero-order valence-corrected chi connectivity index (χ0v) is 20.4. The third-order valence-electron chi connectivity index (χ3n) is 6.18. The van der Waals surface area contributed by atoms with Gasteiger partial charge in [0, 0.05) is 24.4 Å². The standard InChI is InChI=1S/C22H26N4O3S2/c1-8-30(27)21-19-14(4)12(2)13(3)15(5)20(19)24-26(21)22-23-17-11-16(31(7,28)29)9-10-18(17)25(22)6/h9-11H,8H2,1-7H3. The molecule has 7 nitrogen and oxygen atoms in total. The van der Waals surface area contributed by atoms with Crippen LogP contribution in [0.15, 0.2) is 28.1 Å². The molecule has 0 aliphatic carbocycles. The van der Waals surface area contributed by atoms with Gasteiger partial charge in [-0.3, -0.25) is 4.21 Å². The molecule has 4 aromatic rings. The third-order valence-corrected chi connectivity index (χ3v) is 8.63. The average molecular weight is 459 g/mol. The molecule has 31 heavy (non-hydrogen) atoms. The lowest BCUT2D eigenvalue weighted by atomic mass is 9.96. The van der Waals surface area contributed by atoms with Crippen molar-refractivity contribution in [3.8, 4) is 5.95 Å². The molecule has 2 aromatic heterocycles. The van der Waals surface area contributed by atoms with E-state index in [1.807, 2.05) is 32.4 Å². The van der Waals surface area contributed by atoms with Crippen molar-refractivity contribution in [3.05, 3.63) is 40.5 Å². The Morgan fingerprint density at radius 2 is 1.68 bits per heavy atom. The molecule has 0 bridgehead atoms. The maximum Gasteiger partial charge on any atom is 0.232 e. The molecule has 0 saturated heterocycles. The maximum absolute atomic E-state index is 13.2. The van der Waals surface area contributed by atoms with Crippen molar-refractivity contribution in [1.82, 2.24) is 19.3 Å². The number of hydrogen-bond acceptors (Lipinski definition) is 5. The van der Waals surface area contributed by atoms with Crippen LogP contribution in [0.1, 0.15) is 29.2 Å². The summed E-state index contributed by atoms with van der Waals surface area (Å²) in [6.07, 6.45) is 1.18. The second-order valence-electron chi connectivity index (χ2n) is 7.97. The molecule has 0 spiro atoms. The number of sulfone groups is 1. The Kier molecular flexibility index (Phi) is 5.09. The number of aromatic nitrogens is 4. The summed E-state index contributed by atoms with van der Waals surface area (Å²) < 4.78 is 40.7. The molecule has 1 atom stereocenters. The fourth-order valence-corrected chi connectivity index (χ4v) is 5.71. The van der Waals surface area contributed by atoms with Gasteiger partial charge < -0.3 is 4.57 Å². The van der Waals surface area contributed by atoms with Crippen molar-refractivity contribution in [1.29, 1.82) is 0 Å². The van der Waals surface area contributed by atoms with E-state index in [0.29, 0.717) is 22.2 Å². The molecule has 0 saturated carbocycles. The number of aryl methyl sites for hydroxylation is 3. The lowest BCUT2D eigenvalue weighted by Crippen LogP contribution is -2.10. The van der Waals surface area contributed by atoms with E-state index < -0.39 is 20.6 Å². The summed E-state index contributed by atoms with van der Waals surface area (Å²) >= 11 is 0. The quantitative estimate of drug-likeness (QED) is 0.466. The van der Waals surface area contributed by atoms with Gasteiger partial charge in [0.05, 0.1) is 32.2 Å². The van der Waals surface area contributed by atoms with Crippen molar-refractivity contribution in [2.75, 3.05) is 12.0 Å². The van der Waals surface area contributed by atoms with Crippen LogP contribution >= 0.6 is 0 Å². The summed E-state index contributed by atoms with van der Waals surface area (Å²) in [5.74, 6) is 0.955. The lowest BCUT2D eigenvalue weighted by molar-refractivity contribution is 0.602. The van der Waals surface area contributed by atoms with Crippen LogP contribution in [0.5, 0.6) is 0 Å². The van der Waals surface area contributed by atoms with Crippen molar-refractivity contribution >= 4 is 42.6 Å². The van der Waals surface area contributed by atoms with Gasteiger partial charge in [-0.05, 0) is 68.1 Å². The minimum atomic E-state index is -3.35. The molecule has 9 heteroatoms. The van der Waals surface area contributed by atoms with E-state index >= 15 is 0 Å². The van der Waals surface area contributed by atoms with Gasteiger partial charge in [0.25, 0.3) is 0 Å². The van der Waals surface area contributed by atoms with Crippen LogP contribution in [0, 0.1) is 27.7 Å². The van der Waals surface area contributed by atoms with Gasteiger partial charge in [-0.2, -0.15) is 9.78 Å². The fourth-order valence-electron chi connectivity index (χ4n) is 4.00. The molecule has 1 unspecified atom stereocenters. The monoisotopic (exact) mass is 458 g/mol. The SMILES string of the molecule is CCS(=O)c1c2c(C)c(C)c(C)c(C)c2nn1-c1nc2cc(S(C)(=O)=O)ccc2n1C. The summed E-state index contributed by atoms with van der Waals surface area (Å²) in [6, 6.07) is 4.89. The smallest absolute Gasteiger partial charge is 0.232 e. The van der Waals surface area contributed by atoms with E-state index in [4.69, 9.17) is 10.1 Å². The molecule has 4 rings (SSSR count). The number of nitrogens with zero attached hydrogens (tertiary/aromatic N) is 4. The van der Waals surface area contributed by atoms with Crippen LogP contribution in [0.25, 0.3) is 27.9 Å². The predicted octanol–water partition coefficient (Wildman–Crippen LogP) is 3.68. The highest BCUT2D eigenvalue weighted by molar-refractivity contribution is 7.90. The third kappa shape index (κ3) is 3.22. The highest BCUT2D eigenvalue weighted by Crippen LogP contribution is 2.34. The van der Waals surface area contributed by atoms with Crippen molar-refractivity contribution in [3.63, 3.8) is 0 Å². The van der Waals surface area contributed by atoms with Gasteiger partial charge in [-0.15, -0.1) is 0 Å². The van der Waals surface area contributed by atoms with Crippen LogP contribution in [0.2, 0.25) is 0 Å². The molecular weight excluding hydrogens is 432 g/mol. The van der Waals surface area contributed by atoms with Crippen LogP contribution < -0.4 is 0 Å². The van der Waals surface area contributed by atoms with Gasteiger partial charge >= 0.3 is 0 Å². The van der Waals surface area contributed by atoms with Crippen LogP contribution in [0.3, 0.4) is 0 Å². The molecular formula is C22H26N4O3S2. The topological polar surface area (TPSA) is 86.8 Å². The molecule has 164 valence electrons. The Hall–Kier alpha value is -2.52. The minimum absolute atomic E-state index is 0.213. The number of imidazole rings is 1. The van der Waals surface area contributed by atoms with Gasteiger partial charge in [-0.25, -0.2) is 13.4 Å². The number of rotatable bonds is 4. The summed E-state index contributed by atoms with van der Waals surface area (Å²) in [6.45, 7) is 10.1. The van der Waals surface area contributed by atoms with Crippen molar-refractivity contribution < 1.29 is 12.6 Å².